The maximum atomic E-state index is 13.4. The number of allylic oxidation sites excluding steroid dienone is 29. The predicted molar refractivity (Wildman–Crippen MR) is 419 cm³/mol. The number of aliphatic hydroxyl groups is 11. The fourth-order valence-electron chi connectivity index (χ4n) is 11.9. The van der Waals surface area contributed by atoms with Crippen LogP contribution in [0.2, 0.25) is 0 Å². The molecule has 12 N–H and O–H groups in total. The third kappa shape index (κ3) is 43.6. The Kier molecular flexibility index (Phi) is 57.2. The summed E-state index contributed by atoms with van der Waals surface area (Å²) in [5, 5.41) is 121. The van der Waals surface area contributed by atoms with Crippen LogP contribution in [-0.4, -0.2) is 193 Å². The van der Waals surface area contributed by atoms with Gasteiger partial charge < -0.3 is 89.9 Å². The van der Waals surface area contributed by atoms with Crippen molar-refractivity contribution < 1.29 is 89.4 Å². The smallest absolute Gasteiger partial charge is 0.220 e. The van der Waals surface area contributed by atoms with Gasteiger partial charge in [0, 0.05) is 6.42 Å². The summed E-state index contributed by atoms with van der Waals surface area (Å²) in [7, 11) is 0. The lowest BCUT2D eigenvalue weighted by atomic mass is 9.96. The van der Waals surface area contributed by atoms with E-state index in [2.05, 4.69) is 189 Å². The summed E-state index contributed by atoms with van der Waals surface area (Å²) < 4.78 is 34.3. The number of unbranched alkanes of at least 4 members (excludes halogenated alkanes) is 15. The Morgan fingerprint density at radius 3 is 1.07 bits per heavy atom. The second kappa shape index (κ2) is 63.8. The Morgan fingerprint density at radius 1 is 0.352 bits per heavy atom. The Hall–Kier alpha value is -5.11. The number of ether oxygens (including phenoxy) is 6. The monoisotopic (exact) mass is 1470 g/mol. The molecule has 0 aromatic carbocycles. The molecule has 0 bridgehead atoms. The van der Waals surface area contributed by atoms with Crippen molar-refractivity contribution in [3.05, 3.63) is 182 Å². The Balaban J connectivity index is 1.38. The van der Waals surface area contributed by atoms with Gasteiger partial charge in [-0.3, -0.25) is 4.79 Å². The van der Waals surface area contributed by atoms with Crippen molar-refractivity contribution in [1.29, 1.82) is 0 Å². The van der Waals surface area contributed by atoms with Crippen LogP contribution < -0.4 is 5.32 Å². The molecule has 3 saturated heterocycles. The normalized spacial score (nSPS) is 26.8. The van der Waals surface area contributed by atoms with Crippen LogP contribution in [0.3, 0.4) is 0 Å². The maximum absolute atomic E-state index is 13.4. The molecule has 0 aromatic heterocycles. The number of carbonyl (C=O) groups excluding carboxylic acids is 1. The van der Waals surface area contributed by atoms with Crippen LogP contribution in [0.25, 0.3) is 0 Å². The van der Waals surface area contributed by atoms with E-state index in [1.807, 2.05) is 6.08 Å². The van der Waals surface area contributed by atoms with Gasteiger partial charge in [-0.15, -0.1) is 0 Å². The molecule has 17 unspecified atom stereocenters. The summed E-state index contributed by atoms with van der Waals surface area (Å²) in [6.07, 6.45) is 70.1. The summed E-state index contributed by atoms with van der Waals surface area (Å²) in [5.74, 6) is -0.322. The molecule has 3 fully saturated rings. The summed E-state index contributed by atoms with van der Waals surface area (Å²) in [6.45, 7) is 1.55. The van der Waals surface area contributed by atoms with Gasteiger partial charge in [0.25, 0.3) is 0 Å². The average Bonchev–Trinajstić information content (AvgIpc) is 0.781. The highest BCUT2D eigenvalue weighted by Crippen LogP contribution is 2.33. The number of hydrogen-bond acceptors (Lipinski definition) is 18. The van der Waals surface area contributed by atoms with Crippen LogP contribution in [0.5, 0.6) is 0 Å². The highest BCUT2D eigenvalue weighted by molar-refractivity contribution is 5.76. The number of aliphatic hydroxyl groups excluding tert-OH is 11. The van der Waals surface area contributed by atoms with Crippen LogP contribution in [0, 0.1) is 0 Å². The first-order valence-corrected chi connectivity index (χ1v) is 39.5. The van der Waals surface area contributed by atoms with Crippen LogP contribution in [0.1, 0.15) is 219 Å². The van der Waals surface area contributed by atoms with E-state index >= 15 is 0 Å². The number of rotatable bonds is 59. The van der Waals surface area contributed by atoms with Crippen LogP contribution in [0.4, 0.5) is 0 Å². The SMILES string of the molecule is CC/C=C\C/C=C\C/C=C\C/C=C\C/C=C\C/C=C\C/C=C\C/C=C\C/C=C\C/C=C\C/C=C\C/C=C\CCCCCCC(=O)NC(COC1OC(CO)C(OC2OC(CO)C(OC3OC(CO)C(O)C(O)C3O)C(O)C2O)C(O)C1O)C(O)/C=C/CC/C=C/CC/C=C/CCCCCCCCCCC. The van der Waals surface area contributed by atoms with Gasteiger partial charge in [-0.05, 0) is 135 Å². The van der Waals surface area contributed by atoms with Crippen LogP contribution in [0.15, 0.2) is 182 Å². The fraction of sp³-hybridized carbons (Fsp3) is 0.640. The minimum atomic E-state index is -2.00. The second-order valence-electron chi connectivity index (χ2n) is 27.1. The molecule has 19 heteroatoms. The molecule has 0 radical (unpaired) electrons. The number of hydrogen-bond donors (Lipinski definition) is 12. The van der Waals surface area contributed by atoms with Gasteiger partial charge in [0.05, 0.1) is 38.6 Å². The van der Waals surface area contributed by atoms with Crippen LogP contribution >= 0.6 is 0 Å². The molecule has 3 heterocycles. The highest BCUT2D eigenvalue weighted by Gasteiger charge is 2.53. The lowest BCUT2D eigenvalue weighted by Gasteiger charge is -2.48. The topological polar surface area (TPSA) is 307 Å². The number of amides is 1. The van der Waals surface area contributed by atoms with E-state index in [1.54, 1.807) is 6.08 Å². The zero-order valence-corrected chi connectivity index (χ0v) is 63.4. The van der Waals surface area contributed by atoms with Gasteiger partial charge in [-0.1, -0.05) is 260 Å². The fourth-order valence-corrected chi connectivity index (χ4v) is 11.9. The number of carbonyl (C=O) groups is 1. The minimum Gasteiger partial charge on any atom is -0.394 e. The summed E-state index contributed by atoms with van der Waals surface area (Å²) in [6, 6.07) is -1.03. The molecule has 3 aliphatic heterocycles. The third-order valence-electron chi connectivity index (χ3n) is 18.2. The van der Waals surface area contributed by atoms with Crippen molar-refractivity contribution in [2.45, 2.75) is 324 Å². The molecule has 3 aliphatic rings. The van der Waals surface area contributed by atoms with Crippen molar-refractivity contribution >= 4 is 5.91 Å². The van der Waals surface area contributed by atoms with Crippen molar-refractivity contribution in [3.8, 4) is 0 Å². The van der Waals surface area contributed by atoms with Gasteiger partial charge >= 0.3 is 0 Å². The summed E-state index contributed by atoms with van der Waals surface area (Å²) in [4.78, 5) is 13.4. The Labute approximate surface area is 630 Å². The van der Waals surface area contributed by atoms with E-state index in [-0.39, 0.29) is 12.3 Å². The molecule has 1 amide bonds. The molecule has 0 aromatic rings. The molecule has 17 atom stereocenters. The minimum absolute atomic E-state index is 0.190. The molecule has 594 valence electrons. The van der Waals surface area contributed by atoms with Crippen molar-refractivity contribution in [3.63, 3.8) is 0 Å². The number of nitrogens with one attached hydrogen (secondary N) is 1. The molecule has 105 heavy (non-hydrogen) atoms. The van der Waals surface area contributed by atoms with E-state index < -0.39 is 131 Å². The van der Waals surface area contributed by atoms with Gasteiger partial charge in [-0.25, -0.2) is 0 Å². The first-order chi connectivity index (χ1) is 51.3. The quantitative estimate of drug-likeness (QED) is 0.0199. The molecule has 0 saturated carbocycles. The van der Waals surface area contributed by atoms with Crippen LogP contribution in [-0.2, 0) is 33.2 Å². The van der Waals surface area contributed by atoms with E-state index in [4.69, 9.17) is 28.4 Å². The zero-order valence-electron chi connectivity index (χ0n) is 63.4. The van der Waals surface area contributed by atoms with Gasteiger partial charge in [-0.2, -0.15) is 0 Å². The predicted octanol–water partition coefficient (Wildman–Crippen LogP) is 13.2. The van der Waals surface area contributed by atoms with Gasteiger partial charge in [0.15, 0.2) is 18.9 Å². The largest absolute Gasteiger partial charge is 0.394 e. The first kappa shape index (κ1) is 94.1. The molecule has 0 spiro atoms. The van der Waals surface area contributed by atoms with Crippen molar-refractivity contribution in [2.24, 2.45) is 0 Å². The van der Waals surface area contributed by atoms with Gasteiger partial charge in [0.2, 0.25) is 5.91 Å². The molecular formula is C86H137NO18. The first-order valence-electron chi connectivity index (χ1n) is 39.5. The van der Waals surface area contributed by atoms with Crippen molar-refractivity contribution in [2.75, 3.05) is 26.4 Å². The Bertz CT molecular complexity index is 2620. The summed E-state index contributed by atoms with van der Waals surface area (Å²) >= 11 is 0. The lowest BCUT2D eigenvalue weighted by Crippen LogP contribution is -2.66. The second-order valence-corrected chi connectivity index (χ2v) is 27.1. The molecule has 3 rings (SSSR count). The highest BCUT2D eigenvalue weighted by atomic mass is 16.8. The Morgan fingerprint density at radius 2 is 0.667 bits per heavy atom. The van der Waals surface area contributed by atoms with E-state index in [9.17, 15) is 61.0 Å². The molecular weight excluding hydrogens is 1330 g/mol. The molecule has 0 aliphatic carbocycles. The third-order valence-corrected chi connectivity index (χ3v) is 18.2. The van der Waals surface area contributed by atoms with E-state index in [0.29, 0.717) is 12.8 Å². The lowest BCUT2D eigenvalue weighted by molar-refractivity contribution is -0.379. The average molecular weight is 1470 g/mol. The van der Waals surface area contributed by atoms with Crippen molar-refractivity contribution in [1.82, 2.24) is 5.32 Å². The molecule has 19 nitrogen and oxygen atoms in total. The van der Waals surface area contributed by atoms with E-state index in [1.165, 1.54) is 57.8 Å². The van der Waals surface area contributed by atoms with Gasteiger partial charge in [0.1, 0.15) is 73.2 Å². The summed E-state index contributed by atoms with van der Waals surface area (Å²) in [5.41, 5.74) is 0. The maximum Gasteiger partial charge on any atom is 0.220 e. The standard InChI is InChI=1S/C86H137NO18/c1-3-5-7-9-11-13-15-17-19-21-23-24-25-26-27-28-29-30-31-32-33-34-35-36-37-38-39-40-41-42-43-44-46-48-50-52-54-56-58-60-62-64-74(92)87-69(70(91)63-61-59-57-55-53-51-49-47-45-22-20-18-16-14-12-10-8-6-4-2)68-100-84-80(98)77(95)82(72(66-89)102-84)105-86-81(99)78(96)83(73(67-90)103-86)104-85-79(97)76(94)75(93)71(65-88)101-85/h5,7,11,13,17,19,23-24,26-27,29-30,32-33,35-36,38-39,41-42,44-47,50,52-53,55,61,63,69-73,75-86,88-91,93-99H,3-4,6,8-10,12,14-16,18,20-22,25,28,31,34,37,40,43,48-49,51,54,56-60,62,64-68H2,1-2H3,(H,87,92)/b7-5-,13-11-,19-17-,24-23-,27-26-,30-29-,33-32-,36-35-,39-38-,42-41-,46-44-,47-45+,52-50-,55-53+,63-61+. The van der Waals surface area contributed by atoms with E-state index in [0.717, 1.165) is 128 Å². The zero-order chi connectivity index (χ0) is 76.0.